The number of piperidine rings is 1. The number of para-hydroxylation sites is 1. The fourth-order valence-electron chi connectivity index (χ4n) is 4.63. The van der Waals surface area contributed by atoms with Crippen LogP contribution in [0.3, 0.4) is 0 Å². The first-order valence-corrected chi connectivity index (χ1v) is 10.8. The van der Waals surface area contributed by atoms with Gasteiger partial charge in [-0.3, -0.25) is 9.67 Å². The van der Waals surface area contributed by atoms with Crippen molar-refractivity contribution in [1.82, 2.24) is 24.6 Å². The number of hydrogen-bond donors (Lipinski definition) is 2. The van der Waals surface area contributed by atoms with Gasteiger partial charge in [0, 0.05) is 31.2 Å². The van der Waals surface area contributed by atoms with Crippen molar-refractivity contribution in [3.63, 3.8) is 0 Å². The summed E-state index contributed by atoms with van der Waals surface area (Å²) in [7, 11) is 0. The maximum absolute atomic E-state index is 12.9. The highest BCUT2D eigenvalue weighted by molar-refractivity contribution is 5.89. The zero-order valence-corrected chi connectivity index (χ0v) is 18.1. The molecule has 1 saturated heterocycles. The molecular weight excluding hydrogens is 396 g/mol. The smallest absolute Gasteiger partial charge is 0.410 e. The largest absolute Gasteiger partial charge is 0.444 e. The molecule has 0 spiro atoms. The van der Waals surface area contributed by atoms with Crippen molar-refractivity contribution < 1.29 is 9.53 Å². The number of H-pyrrole nitrogens is 2. The molecule has 5 rings (SSSR count). The number of carbonyl (C=O) groups is 1. The number of benzene rings is 1. The summed E-state index contributed by atoms with van der Waals surface area (Å²) in [4.78, 5) is 32.4. The van der Waals surface area contributed by atoms with Crippen LogP contribution in [0.2, 0.25) is 0 Å². The monoisotopic (exact) mass is 424 g/mol. The van der Waals surface area contributed by atoms with Crippen molar-refractivity contribution >= 4 is 22.8 Å². The number of fused-ring (bicyclic) bond motifs is 2. The molecular formula is C22H28N6O3. The molecule has 9 heteroatoms. The van der Waals surface area contributed by atoms with Crippen LogP contribution in [0.15, 0.2) is 29.2 Å². The molecule has 9 nitrogen and oxygen atoms in total. The fraction of sp³-hybridized carbons (Fsp3) is 0.500. The van der Waals surface area contributed by atoms with Crippen molar-refractivity contribution in [2.45, 2.75) is 58.3 Å². The van der Waals surface area contributed by atoms with Crippen LogP contribution in [0.1, 0.15) is 50.9 Å². The number of aromatic amines is 2. The highest BCUT2D eigenvalue weighted by Crippen LogP contribution is 2.33. The number of carbonyl (C=O) groups excluding carboxylic acids is 1. The van der Waals surface area contributed by atoms with Crippen LogP contribution in [0.5, 0.6) is 0 Å². The second-order valence-corrected chi connectivity index (χ2v) is 9.40. The van der Waals surface area contributed by atoms with E-state index in [-0.39, 0.29) is 17.8 Å². The van der Waals surface area contributed by atoms with E-state index < -0.39 is 5.60 Å². The topological polar surface area (TPSA) is 99.2 Å². The molecule has 4 heterocycles. The van der Waals surface area contributed by atoms with E-state index >= 15 is 0 Å². The van der Waals surface area contributed by atoms with E-state index in [9.17, 15) is 9.59 Å². The van der Waals surface area contributed by atoms with Crippen LogP contribution in [-0.2, 0) is 17.8 Å². The Labute approximate surface area is 180 Å². The number of nitrogens with one attached hydrogen (secondary N) is 2. The SMILES string of the molecule is CC(C)(C)OC(=O)N1CCC(n2c(=O)[nH]c3c(N4Cc5cn[nH]c5C4)cccc32)CC1. The highest BCUT2D eigenvalue weighted by atomic mass is 16.6. The molecule has 0 atom stereocenters. The molecule has 1 fully saturated rings. The molecule has 2 aromatic heterocycles. The van der Waals surface area contributed by atoms with Crippen molar-refractivity contribution in [1.29, 1.82) is 0 Å². The van der Waals surface area contributed by atoms with Crippen molar-refractivity contribution in [2.75, 3.05) is 18.0 Å². The molecule has 2 aliphatic heterocycles. The molecule has 2 N–H and O–H groups in total. The van der Waals surface area contributed by atoms with Gasteiger partial charge in [-0.2, -0.15) is 5.10 Å². The Morgan fingerprint density at radius 1 is 1.19 bits per heavy atom. The minimum absolute atomic E-state index is 0.0469. The van der Waals surface area contributed by atoms with Gasteiger partial charge in [0.2, 0.25) is 0 Å². The zero-order chi connectivity index (χ0) is 21.8. The molecule has 1 aromatic carbocycles. The summed E-state index contributed by atoms with van der Waals surface area (Å²) in [6.45, 7) is 8.27. The van der Waals surface area contributed by atoms with Crippen molar-refractivity contribution in [3.05, 3.63) is 46.1 Å². The number of amides is 1. The van der Waals surface area contributed by atoms with Crippen LogP contribution in [0, 0.1) is 0 Å². The van der Waals surface area contributed by atoms with Gasteiger partial charge >= 0.3 is 11.8 Å². The molecule has 0 unspecified atom stereocenters. The van der Waals surface area contributed by atoms with Crippen LogP contribution in [-0.4, -0.2) is 49.4 Å². The summed E-state index contributed by atoms with van der Waals surface area (Å²) in [6, 6.07) is 6.09. The molecule has 2 aliphatic rings. The number of rotatable bonds is 2. The van der Waals surface area contributed by atoms with Gasteiger partial charge in [0.15, 0.2) is 0 Å². The van der Waals surface area contributed by atoms with E-state index in [1.807, 2.05) is 49.7 Å². The van der Waals surface area contributed by atoms with Gasteiger partial charge in [-0.05, 0) is 45.7 Å². The second-order valence-electron chi connectivity index (χ2n) is 9.40. The van der Waals surface area contributed by atoms with Gasteiger partial charge in [0.25, 0.3) is 0 Å². The summed E-state index contributed by atoms with van der Waals surface area (Å²) in [5.74, 6) is 0. The fourth-order valence-corrected chi connectivity index (χ4v) is 4.63. The average Bonchev–Trinajstić information content (AvgIpc) is 3.38. The second kappa shape index (κ2) is 7.18. The third-order valence-electron chi connectivity index (χ3n) is 6.07. The summed E-state index contributed by atoms with van der Waals surface area (Å²) in [5.41, 5.74) is 4.49. The third-order valence-corrected chi connectivity index (χ3v) is 6.07. The Kier molecular flexibility index (Phi) is 4.56. The van der Waals surface area contributed by atoms with Gasteiger partial charge in [0.1, 0.15) is 5.60 Å². The number of likely N-dealkylation sites (tertiary alicyclic amines) is 1. The van der Waals surface area contributed by atoms with E-state index in [4.69, 9.17) is 4.74 Å². The van der Waals surface area contributed by atoms with E-state index in [1.165, 1.54) is 5.56 Å². The minimum Gasteiger partial charge on any atom is -0.444 e. The molecule has 0 bridgehead atoms. The van der Waals surface area contributed by atoms with Crippen LogP contribution < -0.4 is 10.6 Å². The minimum atomic E-state index is -0.510. The number of aromatic nitrogens is 4. The quantitative estimate of drug-likeness (QED) is 0.658. The number of anilines is 1. The Hall–Kier alpha value is -3.23. The number of imidazole rings is 1. The maximum atomic E-state index is 12.9. The molecule has 31 heavy (non-hydrogen) atoms. The van der Waals surface area contributed by atoms with Crippen molar-refractivity contribution in [3.8, 4) is 0 Å². The lowest BCUT2D eigenvalue weighted by atomic mass is 10.0. The standard InChI is InChI=1S/C22H28N6O3/c1-22(2,3)31-21(30)26-9-7-15(8-10-26)28-18-6-4-5-17(19(18)24-20(28)29)27-12-14-11-23-25-16(14)13-27/h4-6,11,15H,7-10,12-13H2,1-3H3,(H,23,25)(H,24,29). The lowest BCUT2D eigenvalue weighted by Crippen LogP contribution is -2.43. The lowest BCUT2D eigenvalue weighted by molar-refractivity contribution is 0.0189. The summed E-state index contributed by atoms with van der Waals surface area (Å²) in [5, 5.41) is 7.15. The molecule has 0 saturated carbocycles. The maximum Gasteiger partial charge on any atom is 0.410 e. The molecule has 164 valence electrons. The van der Waals surface area contributed by atoms with E-state index in [0.717, 1.165) is 48.3 Å². The summed E-state index contributed by atoms with van der Waals surface area (Å²) >= 11 is 0. The predicted molar refractivity (Wildman–Crippen MR) is 117 cm³/mol. The van der Waals surface area contributed by atoms with Gasteiger partial charge in [0.05, 0.1) is 35.2 Å². The van der Waals surface area contributed by atoms with Gasteiger partial charge < -0.3 is 19.5 Å². The zero-order valence-electron chi connectivity index (χ0n) is 18.1. The van der Waals surface area contributed by atoms with Gasteiger partial charge in [-0.25, -0.2) is 9.59 Å². The third kappa shape index (κ3) is 3.58. The Morgan fingerprint density at radius 2 is 1.97 bits per heavy atom. The van der Waals surface area contributed by atoms with E-state index in [2.05, 4.69) is 20.1 Å². The van der Waals surface area contributed by atoms with E-state index in [0.29, 0.717) is 13.1 Å². The predicted octanol–water partition coefficient (Wildman–Crippen LogP) is 3.14. The Bertz CT molecular complexity index is 1160. The lowest BCUT2D eigenvalue weighted by Gasteiger charge is -2.33. The average molecular weight is 425 g/mol. The Morgan fingerprint density at radius 3 is 2.68 bits per heavy atom. The highest BCUT2D eigenvalue weighted by Gasteiger charge is 2.30. The number of hydrogen-bond acceptors (Lipinski definition) is 5. The number of nitrogens with zero attached hydrogens (tertiary/aromatic N) is 4. The van der Waals surface area contributed by atoms with Gasteiger partial charge in [-0.1, -0.05) is 6.07 Å². The summed E-state index contributed by atoms with van der Waals surface area (Å²) in [6.07, 6.45) is 3.01. The van der Waals surface area contributed by atoms with Gasteiger partial charge in [-0.15, -0.1) is 0 Å². The molecule has 0 radical (unpaired) electrons. The first-order valence-electron chi connectivity index (χ1n) is 10.8. The molecule has 3 aromatic rings. The van der Waals surface area contributed by atoms with Crippen LogP contribution in [0.4, 0.5) is 10.5 Å². The number of ether oxygens (including phenoxy) is 1. The first kappa shape index (κ1) is 19.7. The summed E-state index contributed by atoms with van der Waals surface area (Å²) < 4.78 is 7.35. The normalized spacial score (nSPS) is 17.4. The van der Waals surface area contributed by atoms with Crippen LogP contribution in [0.25, 0.3) is 11.0 Å². The first-order chi connectivity index (χ1) is 14.8. The van der Waals surface area contributed by atoms with E-state index in [1.54, 1.807) is 4.90 Å². The Balaban J connectivity index is 1.37. The molecule has 0 aliphatic carbocycles. The van der Waals surface area contributed by atoms with Crippen LogP contribution >= 0.6 is 0 Å². The van der Waals surface area contributed by atoms with Crippen molar-refractivity contribution in [2.24, 2.45) is 0 Å². The molecule has 1 amide bonds.